The fourth-order valence-electron chi connectivity index (χ4n) is 3.15. The lowest BCUT2D eigenvalue weighted by atomic mass is 10.2. The lowest BCUT2D eigenvalue weighted by molar-refractivity contribution is 0.738. The standard InChI is InChI=1S/C21H21N5O/c1-2-13-25(15-16-9-5-3-6-10-16)21-23-19-18(20(27)24-21)14-22-26(19)17-11-7-4-8-12-17/h3-12,14H,2,13,15H2,1H3,(H,23,24,27). The number of para-hydroxylation sites is 1. The minimum absolute atomic E-state index is 0.175. The number of anilines is 1. The van der Waals surface area contributed by atoms with Crippen molar-refractivity contribution in [3.05, 3.63) is 82.8 Å². The van der Waals surface area contributed by atoms with E-state index in [4.69, 9.17) is 4.98 Å². The predicted molar refractivity (Wildman–Crippen MR) is 107 cm³/mol. The van der Waals surface area contributed by atoms with Crippen molar-refractivity contribution in [2.45, 2.75) is 19.9 Å². The molecule has 2 heterocycles. The van der Waals surface area contributed by atoms with Crippen molar-refractivity contribution in [1.82, 2.24) is 19.7 Å². The summed E-state index contributed by atoms with van der Waals surface area (Å²) in [6.07, 6.45) is 2.52. The molecule has 0 aliphatic rings. The van der Waals surface area contributed by atoms with E-state index in [0.29, 0.717) is 23.5 Å². The Morgan fingerprint density at radius 1 is 1.04 bits per heavy atom. The SMILES string of the molecule is CCCN(Cc1ccccc1)c1nc2c(cnn2-c2ccccc2)c(=O)[nH]1. The molecule has 0 saturated heterocycles. The van der Waals surface area contributed by atoms with Crippen molar-refractivity contribution in [2.24, 2.45) is 0 Å². The number of aromatic nitrogens is 4. The van der Waals surface area contributed by atoms with E-state index in [1.165, 1.54) is 5.56 Å². The summed E-state index contributed by atoms with van der Waals surface area (Å²) in [4.78, 5) is 22.4. The van der Waals surface area contributed by atoms with Gasteiger partial charge in [-0.15, -0.1) is 0 Å². The Kier molecular flexibility index (Phi) is 4.70. The van der Waals surface area contributed by atoms with Crippen molar-refractivity contribution >= 4 is 17.0 Å². The number of rotatable bonds is 6. The highest BCUT2D eigenvalue weighted by Gasteiger charge is 2.15. The van der Waals surface area contributed by atoms with E-state index in [9.17, 15) is 4.79 Å². The molecule has 0 aliphatic carbocycles. The molecule has 0 spiro atoms. The molecule has 4 rings (SSSR count). The minimum Gasteiger partial charge on any atom is -0.338 e. The summed E-state index contributed by atoms with van der Waals surface area (Å²) < 4.78 is 1.71. The Hall–Kier alpha value is -3.41. The van der Waals surface area contributed by atoms with Crippen molar-refractivity contribution in [2.75, 3.05) is 11.4 Å². The van der Waals surface area contributed by atoms with E-state index in [0.717, 1.165) is 18.7 Å². The quantitative estimate of drug-likeness (QED) is 0.572. The van der Waals surface area contributed by atoms with E-state index >= 15 is 0 Å². The second kappa shape index (κ2) is 7.45. The van der Waals surface area contributed by atoms with Crippen LogP contribution >= 0.6 is 0 Å². The van der Waals surface area contributed by atoms with Crippen LogP contribution in [-0.2, 0) is 6.54 Å². The van der Waals surface area contributed by atoms with Crippen LogP contribution in [0.25, 0.3) is 16.7 Å². The summed E-state index contributed by atoms with van der Waals surface area (Å²) in [5.74, 6) is 0.566. The second-order valence-electron chi connectivity index (χ2n) is 6.43. The van der Waals surface area contributed by atoms with Crippen molar-refractivity contribution < 1.29 is 0 Å². The van der Waals surface area contributed by atoms with Gasteiger partial charge in [0.1, 0.15) is 5.39 Å². The van der Waals surface area contributed by atoms with Crippen molar-refractivity contribution in [3.63, 3.8) is 0 Å². The van der Waals surface area contributed by atoms with Crippen LogP contribution in [0.1, 0.15) is 18.9 Å². The van der Waals surface area contributed by atoms with E-state index in [1.807, 2.05) is 48.5 Å². The van der Waals surface area contributed by atoms with Gasteiger partial charge in [-0.05, 0) is 24.1 Å². The van der Waals surface area contributed by atoms with Gasteiger partial charge in [0, 0.05) is 13.1 Å². The van der Waals surface area contributed by atoms with Crippen LogP contribution in [-0.4, -0.2) is 26.3 Å². The number of fused-ring (bicyclic) bond motifs is 1. The first-order valence-corrected chi connectivity index (χ1v) is 9.08. The molecule has 2 aromatic heterocycles. The lowest BCUT2D eigenvalue weighted by Crippen LogP contribution is -2.28. The summed E-state index contributed by atoms with van der Waals surface area (Å²) in [5, 5.41) is 4.86. The summed E-state index contributed by atoms with van der Waals surface area (Å²) in [6, 6.07) is 19.9. The van der Waals surface area contributed by atoms with Gasteiger partial charge in [0.25, 0.3) is 5.56 Å². The molecule has 27 heavy (non-hydrogen) atoms. The van der Waals surface area contributed by atoms with Crippen LogP contribution in [0.3, 0.4) is 0 Å². The highest BCUT2D eigenvalue weighted by Crippen LogP contribution is 2.18. The molecule has 0 radical (unpaired) electrons. The first-order chi connectivity index (χ1) is 13.3. The predicted octanol–water partition coefficient (Wildman–Crippen LogP) is 3.53. The highest BCUT2D eigenvalue weighted by atomic mass is 16.1. The maximum Gasteiger partial charge on any atom is 0.263 e. The first kappa shape index (κ1) is 17.0. The molecule has 0 saturated carbocycles. The average Bonchev–Trinajstić information content (AvgIpc) is 3.14. The summed E-state index contributed by atoms with van der Waals surface area (Å²) in [6.45, 7) is 3.59. The van der Waals surface area contributed by atoms with Gasteiger partial charge in [0.05, 0.1) is 11.9 Å². The number of nitrogens with zero attached hydrogens (tertiary/aromatic N) is 4. The van der Waals surface area contributed by atoms with Crippen LogP contribution in [0.2, 0.25) is 0 Å². The van der Waals surface area contributed by atoms with E-state index in [1.54, 1.807) is 10.9 Å². The van der Waals surface area contributed by atoms with Gasteiger partial charge < -0.3 is 4.90 Å². The molecular formula is C21H21N5O. The van der Waals surface area contributed by atoms with Crippen LogP contribution in [0.5, 0.6) is 0 Å². The van der Waals surface area contributed by atoms with Gasteiger partial charge in [-0.1, -0.05) is 55.5 Å². The van der Waals surface area contributed by atoms with Crippen LogP contribution in [0, 0.1) is 0 Å². The maximum atomic E-state index is 12.6. The number of nitrogens with one attached hydrogen (secondary N) is 1. The zero-order chi connectivity index (χ0) is 18.6. The Morgan fingerprint density at radius 3 is 2.44 bits per heavy atom. The fraction of sp³-hybridized carbons (Fsp3) is 0.190. The third-order valence-electron chi connectivity index (χ3n) is 4.44. The summed E-state index contributed by atoms with van der Waals surface area (Å²) >= 11 is 0. The highest BCUT2D eigenvalue weighted by molar-refractivity contribution is 5.76. The molecule has 6 nitrogen and oxygen atoms in total. The normalized spacial score (nSPS) is 11.0. The molecule has 0 atom stereocenters. The van der Waals surface area contributed by atoms with Gasteiger partial charge in [-0.3, -0.25) is 9.78 Å². The van der Waals surface area contributed by atoms with Gasteiger partial charge >= 0.3 is 0 Å². The Morgan fingerprint density at radius 2 is 1.74 bits per heavy atom. The second-order valence-corrected chi connectivity index (χ2v) is 6.43. The van der Waals surface area contributed by atoms with Gasteiger partial charge in [0.2, 0.25) is 5.95 Å². The fourth-order valence-corrected chi connectivity index (χ4v) is 3.15. The molecule has 0 bridgehead atoms. The number of aromatic amines is 1. The summed E-state index contributed by atoms with van der Waals surface area (Å²) in [5.41, 5.74) is 2.44. The van der Waals surface area contributed by atoms with Gasteiger partial charge in [0.15, 0.2) is 5.65 Å². The minimum atomic E-state index is -0.175. The molecule has 0 fully saturated rings. The van der Waals surface area contributed by atoms with Gasteiger partial charge in [-0.2, -0.15) is 10.1 Å². The van der Waals surface area contributed by atoms with E-state index in [2.05, 4.69) is 34.0 Å². The number of H-pyrrole nitrogens is 1. The molecule has 6 heteroatoms. The largest absolute Gasteiger partial charge is 0.338 e. The molecule has 136 valence electrons. The molecule has 4 aromatic rings. The zero-order valence-electron chi connectivity index (χ0n) is 15.2. The molecule has 1 N–H and O–H groups in total. The Labute approximate surface area is 157 Å². The monoisotopic (exact) mass is 359 g/mol. The Bertz CT molecular complexity index is 1090. The van der Waals surface area contributed by atoms with E-state index < -0.39 is 0 Å². The molecule has 0 aliphatic heterocycles. The van der Waals surface area contributed by atoms with E-state index in [-0.39, 0.29) is 5.56 Å². The Balaban J connectivity index is 1.79. The number of hydrogen-bond donors (Lipinski definition) is 1. The topological polar surface area (TPSA) is 66.8 Å². The van der Waals surface area contributed by atoms with Crippen LogP contribution < -0.4 is 10.5 Å². The average molecular weight is 359 g/mol. The van der Waals surface area contributed by atoms with Gasteiger partial charge in [-0.25, -0.2) is 4.68 Å². The number of benzene rings is 2. The number of hydrogen-bond acceptors (Lipinski definition) is 4. The third kappa shape index (κ3) is 3.46. The molecule has 2 aromatic carbocycles. The smallest absolute Gasteiger partial charge is 0.263 e. The van der Waals surface area contributed by atoms with Crippen LogP contribution in [0.15, 0.2) is 71.7 Å². The van der Waals surface area contributed by atoms with Crippen molar-refractivity contribution in [1.29, 1.82) is 0 Å². The zero-order valence-corrected chi connectivity index (χ0v) is 15.2. The summed E-state index contributed by atoms with van der Waals surface area (Å²) in [7, 11) is 0. The van der Waals surface area contributed by atoms with Crippen molar-refractivity contribution in [3.8, 4) is 5.69 Å². The van der Waals surface area contributed by atoms with Crippen LogP contribution in [0.4, 0.5) is 5.95 Å². The lowest BCUT2D eigenvalue weighted by Gasteiger charge is -2.22. The first-order valence-electron chi connectivity index (χ1n) is 9.08. The third-order valence-corrected chi connectivity index (χ3v) is 4.44. The maximum absolute atomic E-state index is 12.6. The molecule has 0 unspecified atom stereocenters. The molecular weight excluding hydrogens is 338 g/mol. The molecule has 0 amide bonds.